The molecule has 0 radical (unpaired) electrons. The Labute approximate surface area is 775 Å². The Morgan fingerprint density at radius 1 is 0.154 bits per heavy atom. The Bertz CT molecular complexity index is 3180. The molecule has 0 saturated heterocycles. The van der Waals surface area contributed by atoms with Crippen LogP contribution >= 0.6 is 0 Å². The highest BCUT2D eigenvalue weighted by molar-refractivity contribution is 6.92. The third-order valence-electron chi connectivity index (χ3n) is 31.5. The van der Waals surface area contributed by atoms with Gasteiger partial charge in [0.2, 0.25) is 18.1 Å². The predicted molar refractivity (Wildman–Crippen MR) is 566 cm³/mol. The molecule has 708 valence electrons. The summed E-state index contributed by atoms with van der Waals surface area (Å²) < 4.78 is 10.4. The highest BCUT2D eigenvalue weighted by Crippen LogP contribution is 2.53. The summed E-state index contributed by atoms with van der Waals surface area (Å²) >= 11 is 0. The fourth-order valence-electron chi connectivity index (χ4n) is 23.4. The first kappa shape index (κ1) is 113. The van der Waals surface area contributed by atoms with Gasteiger partial charge in [-0.15, -0.1) is 0 Å². The standard InChI is InChI=1S/C120H214OSi2/c1-37-49-61-81-109(13,14)93-73-77-97(105(117(29,30)89-69-57-45-9)101(93)113(21,22)85-65-53-41-5)122(98-78-74-94(110(15,16)82-62-50-38-2)102(114(23,24)86-66-54-42-6)106(98)118(31,32)90-70-58-46-10)121-123(99-79-75-95(111(17,18)83-63-51-39-3)103(115(25,26)87-67-55-43-7)107(99)119(33,34)91-71-59-47-11)100-80-76-96(112(19,20)84-64-52-40-4)104(116(27,28)88-68-56-44-8)108(100)120(35,36)92-72-60-48-12/h73-80,122-123H,37-72,81-92H2,1-36H3. The Morgan fingerprint density at radius 2 is 0.268 bits per heavy atom. The van der Waals surface area contributed by atoms with E-state index >= 15 is 0 Å². The van der Waals surface area contributed by atoms with Crippen molar-refractivity contribution in [3.63, 3.8) is 0 Å². The summed E-state index contributed by atoms with van der Waals surface area (Å²) in [4.78, 5) is 0. The lowest BCUT2D eigenvalue weighted by molar-refractivity contribution is 0.386. The van der Waals surface area contributed by atoms with Crippen molar-refractivity contribution in [1.29, 1.82) is 0 Å². The van der Waals surface area contributed by atoms with Crippen molar-refractivity contribution in [2.75, 3.05) is 0 Å². The van der Waals surface area contributed by atoms with E-state index in [9.17, 15) is 4.12 Å². The van der Waals surface area contributed by atoms with Crippen molar-refractivity contribution in [3.8, 4) is 0 Å². The maximum Gasteiger partial charge on any atom is 0.229 e. The molecule has 0 fully saturated rings. The normalized spacial score (nSPS) is 13.6. The lowest BCUT2D eigenvalue weighted by Crippen LogP contribution is -2.62. The summed E-state index contributed by atoms with van der Waals surface area (Å²) in [5, 5.41) is 6.52. The van der Waals surface area contributed by atoms with Gasteiger partial charge in [0.15, 0.2) is 0 Å². The van der Waals surface area contributed by atoms with Crippen molar-refractivity contribution in [3.05, 3.63) is 115 Å². The number of unbranched alkanes of at least 4 members (excludes halogenated alkanes) is 24. The smallest absolute Gasteiger partial charge is 0.229 e. The molecule has 0 bridgehead atoms. The summed E-state index contributed by atoms with van der Waals surface area (Å²) in [6, 6.07) is 23.0. The largest absolute Gasteiger partial charge is 0.446 e. The Hall–Kier alpha value is -2.73. The third kappa shape index (κ3) is 31.2. The first-order valence-corrected chi connectivity index (χ1v) is 57.2. The summed E-state index contributed by atoms with van der Waals surface area (Å²) in [5.74, 6) is 0. The minimum absolute atomic E-state index is 0.0447. The van der Waals surface area contributed by atoms with E-state index in [0.717, 1.165) is 25.7 Å². The molecule has 0 aliphatic rings. The molecule has 0 spiro atoms. The summed E-state index contributed by atoms with van der Waals surface area (Å²) in [6.45, 7) is 95.1. The van der Waals surface area contributed by atoms with Gasteiger partial charge in [-0.3, -0.25) is 0 Å². The maximum absolute atomic E-state index is 10.4. The van der Waals surface area contributed by atoms with Gasteiger partial charge in [-0.2, -0.15) is 0 Å². The minimum atomic E-state index is -3.11. The van der Waals surface area contributed by atoms with Gasteiger partial charge in [-0.25, -0.2) is 0 Å². The van der Waals surface area contributed by atoms with Crippen LogP contribution in [0.15, 0.2) is 48.5 Å². The van der Waals surface area contributed by atoms with Gasteiger partial charge >= 0.3 is 0 Å². The molecule has 4 aromatic carbocycles. The van der Waals surface area contributed by atoms with Crippen molar-refractivity contribution in [1.82, 2.24) is 0 Å². The average molecular weight is 1730 g/mol. The summed E-state index contributed by atoms with van der Waals surface area (Å²) in [5.41, 5.74) is 18.9. The Morgan fingerprint density at radius 3 is 0.390 bits per heavy atom. The van der Waals surface area contributed by atoms with Gasteiger partial charge in [0.1, 0.15) is 0 Å². The van der Waals surface area contributed by atoms with Crippen LogP contribution in [0, 0.1) is 0 Å². The second-order valence-corrected chi connectivity index (χ2v) is 53.9. The Balaban J connectivity index is 3.08. The van der Waals surface area contributed by atoms with E-state index in [1.807, 2.05) is 0 Å². The number of rotatable bonds is 66. The first-order valence-electron chi connectivity index (χ1n) is 54.0. The van der Waals surface area contributed by atoms with E-state index in [0.29, 0.717) is 0 Å². The second-order valence-electron chi connectivity index (χ2n) is 48.8. The van der Waals surface area contributed by atoms with Gasteiger partial charge < -0.3 is 4.12 Å². The lowest BCUT2D eigenvalue weighted by Gasteiger charge is -2.46. The topological polar surface area (TPSA) is 9.23 Å². The Kier molecular flexibility index (Phi) is 47.0. The van der Waals surface area contributed by atoms with E-state index in [1.165, 1.54) is 283 Å². The molecular weight excluding hydrogens is 1510 g/mol. The molecule has 1 nitrogen and oxygen atoms in total. The maximum atomic E-state index is 10.4. The monoisotopic (exact) mass is 1730 g/mol. The van der Waals surface area contributed by atoms with Crippen LogP contribution < -0.4 is 20.7 Å². The van der Waals surface area contributed by atoms with Crippen LogP contribution in [0.25, 0.3) is 0 Å². The lowest BCUT2D eigenvalue weighted by atomic mass is 9.64. The summed E-state index contributed by atoms with van der Waals surface area (Å²) in [6.07, 6.45) is 59.0. The van der Waals surface area contributed by atoms with Crippen molar-refractivity contribution in [2.45, 2.75) is 622 Å². The minimum Gasteiger partial charge on any atom is -0.446 e. The molecule has 4 rings (SSSR count). The molecule has 3 heteroatoms. The zero-order valence-corrected chi connectivity index (χ0v) is 92.4. The molecule has 0 N–H and O–H groups in total. The van der Waals surface area contributed by atoms with E-state index in [1.54, 1.807) is 87.5 Å². The number of benzene rings is 4. The van der Waals surface area contributed by atoms with Gasteiger partial charge in [0, 0.05) is 0 Å². The molecule has 0 heterocycles. The quantitative estimate of drug-likeness (QED) is 0.0316. The molecule has 0 amide bonds. The van der Waals surface area contributed by atoms with E-state index in [4.69, 9.17) is 0 Å². The van der Waals surface area contributed by atoms with Crippen LogP contribution in [0.2, 0.25) is 0 Å². The highest BCUT2D eigenvalue weighted by atomic mass is 28.4. The van der Waals surface area contributed by atoms with E-state index in [2.05, 4.69) is 298 Å². The number of hydrogen-bond acceptors (Lipinski definition) is 1. The molecule has 0 unspecified atom stereocenters. The molecule has 0 aliphatic carbocycles. The van der Waals surface area contributed by atoms with E-state index in [-0.39, 0.29) is 65.0 Å². The van der Waals surface area contributed by atoms with Crippen LogP contribution in [-0.2, 0) is 69.1 Å². The van der Waals surface area contributed by atoms with Gasteiger partial charge in [-0.1, -0.05) is 529 Å². The molecule has 123 heavy (non-hydrogen) atoms. The van der Waals surface area contributed by atoms with Gasteiger partial charge in [0.05, 0.1) is 0 Å². The fraction of sp³-hybridized carbons (Fsp3) is 0.800. The third-order valence-corrected chi connectivity index (χ3v) is 37.9. The second kappa shape index (κ2) is 51.3. The zero-order chi connectivity index (χ0) is 92.7. The first-order chi connectivity index (χ1) is 57.6. The molecule has 0 saturated carbocycles. The van der Waals surface area contributed by atoms with Gasteiger partial charge in [-0.05, 0) is 230 Å². The van der Waals surface area contributed by atoms with Crippen LogP contribution in [-0.4, -0.2) is 18.1 Å². The molecule has 0 aliphatic heterocycles. The van der Waals surface area contributed by atoms with Crippen LogP contribution in [0.4, 0.5) is 0 Å². The van der Waals surface area contributed by atoms with Gasteiger partial charge in [0.25, 0.3) is 0 Å². The predicted octanol–water partition coefficient (Wildman–Crippen LogP) is 36.4. The zero-order valence-electron chi connectivity index (χ0n) is 90.1. The molecule has 0 atom stereocenters. The average Bonchev–Trinajstić information content (AvgIpc) is 0.711. The summed E-state index contributed by atoms with van der Waals surface area (Å²) in [7, 11) is -6.22. The van der Waals surface area contributed by atoms with Crippen LogP contribution in [0.5, 0.6) is 0 Å². The molecule has 4 aromatic rings. The molecule has 0 aromatic heterocycles. The fourth-order valence-corrected chi connectivity index (χ4v) is 31.8. The van der Waals surface area contributed by atoms with Crippen LogP contribution in [0.1, 0.15) is 624 Å². The van der Waals surface area contributed by atoms with Crippen molar-refractivity contribution in [2.24, 2.45) is 0 Å². The highest BCUT2D eigenvalue weighted by Gasteiger charge is 2.50. The number of hydrogen-bond donors (Lipinski definition) is 0. The van der Waals surface area contributed by atoms with Crippen molar-refractivity contribution >= 4 is 38.8 Å². The van der Waals surface area contributed by atoms with Crippen LogP contribution in [0.3, 0.4) is 0 Å². The SMILES string of the molecule is CCCCCC(C)(C)c1ccc([SiH](O[SiH](c2ccc(C(C)(C)CCCCC)c(C(C)(C)CCCCC)c2C(C)(C)CCCCC)c2ccc(C(C)(C)CCCCC)c(C(C)(C)CCCCC)c2C(C)(C)CCCCC)c2ccc(C(C)(C)CCCCC)c(C(C)(C)CCCCC)c2C(C)(C)CCCCC)c(C(C)(C)CCCCC)c1C(C)(C)CCCCC. The van der Waals surface area contributed by atoms with E-state index < -0.39 is 18.1 Å². The molecular formula is C120H214OSi2. The van der Waals surface area contributed by atoms with Crippen molar-refractivity contribution < 1.29 is 4.12 Å².